The van der Waals surface area contributed by atoms with E-state index in [1.165, 1.54) is 12.1 Å². The topological polar surface area (TPSA) is 12.9 Å². The molecular formula is C23H33NSi. The summed E-state index contributed by atoms with van der Waals surface area (Å²) in [5.74, 6) is -0.168. The first-order chi connectivity index (χ1) is 15.0. The average Bonchev–Trinajstić information content (AvgIpc) is 2.71. The van der Waals surface area contributed by atoms with E-state index in [-0.39, 0.29) is 17.2 Å². The Morgan fingerprint density at radius 3 is 2.40 bits per heavy atom. The molecule has 0 N–H and O–H groups in total. The number of aromatic nitrogens is 1. The first kappa shape index (κ1) is 10.7. The van der Waals surface area contributed by atoms with E-state index in [1.54, 1.807) is 18.2 Å². The molecule has 1 saturated carbocycles. The molecule has 134 valence electrons. The molecule has 0 spiro atoms. The molecule has 0 saturated heterocycles. The maximum Gasteiger partial charge on any atom is 0.0803 e. The van der Waals surface area contributed by atoms with E-state index >= 15 is 0 Å². The molecular weight excluding hydrogens is 318 g/mol. The molecule has 1 aromatic carbocycles. The van der Waals surface area contributed by atoms with Gasteiger partial charge < -0.3 is 0 Å². The lowest BCUT2D eigenvalue weighted by molar-refractivity contribution is 0.357. The predicted octanol–water partition coefficient (Wildman–Crippen LogP) is 6.03. The molecule has 1 aliphatic carbocycles. The lowest BCUT2D eigenvalue weighted by Gasteiger charge is -2.28. The summed E-state index contributed by atoms with van der Waals surface area (Å²) in [6.45, 7) is 1.38. The van der Waals surface area contributed by atoms with E-state index in [2.05, 4.69) is 4.98 Å². The van der Waals surface area contributed by atoms with Crippen LogP contribution in [0.5, 0.6) is 0 Å². The van der Waals surface area contributed by atoms with Crippen molar-refractivity contribution in [3.8, 4) is 11.3 Å². The molecule has 3 rings (SSSR count). The van der Waals surface area contributed by atoms with Crippen molar-refractivity contribution in [1.29, 1.82) is 0 Å². The number of hydrogen-bond acceptors (Lipinski definition) is 1. The summed E-state index contributed by atoms with van der Waals surface area (Å²) in [5.41, 5.74) is 1.57. The van der Waals surface area contributed by atoms with E-state index in [4.69, 9.17) is 11.0 Å². The van der Waals surface area contributed by atoms with Crippen molar-refractivity contribution in [1.82, 2.24) is 4.98 Å². The van der Waals surface area contributed by atoms with Gasteiger partial charge in [-0.2, -0.15) is 0 Å². The van der Waals surface area contributed by atoms with Gasteiger partial charge in [-0.1, -0.05) is 81.6 Å². The summed E-state index contributed by atoms with van der Waals surface area (Å²) in [7, 11) is -2.30. The summed E-state index contributed by atoms with van der Waals surface area (Å²) in [4.78, 5) is 4.56. The Morgan fingerprint density at radius 2 is 1.80 bits per heavy atom. The third kappa shape index (κ3) is 4.41. The van der Waals surface area contributed by atoms with Crippen LogP contribution in [0.1, 0.15) is 59.9 Å². The predicted molar refractivity (Wildman–Crippen MR) is 112 cm³/mol. The lowest BCUT2D eigenvalue weighted by atomic mass is 9.84. The Labute approximate surface area is 166 Å². The fraction of sp³-hybridized carbons (Fsp3) is 0.522. The van der Waals surface area contributed by atoms with E-state index in [0.29, 0.717) is 22.0 Å². The second kappa shape index (κ2) is 7.45. The molecule has 1 aromatic heterocycles. The molecule has 25 heavy (non-hydrogen) atoms. The van der Waals surface area contributed by atoms with Crippen molar-refractivity contribution in [2.24, 2.45) is 5.92 Å². The maximum atomic E-state index is 9.16. The molecule has 2 heteroatoms. The molecule has 2 aromatic rings. The van der Waals surface area contributed by atoms with Crippen molar-refractivity contribution in [2.45, 2.75) is 71.8 Å². The highest BCUT2D eigenvalue weighted by Crippen LogP contribution is 2.29. The standard InChI is InChI=1S/C23H33NSi/c1-17-11-13-20(14-12-17)22-16-21(15-19-9-7-6-8-10-19)23(18(2)24-22)25(3,4)5/h11-14,16,19H,6-10,15H2,1-5H3/i1D3,2D3,15D2. The molecule has 0 unspecified atom stereocenters. The van der Waals surface area contributed by atoms with Gasteiger partial charge >= 0.3 is 0 Å². The van der Waals surface area contributed by atoms with Gasteiger partial charge in [0.2, 0.25) is 0 Å². The number of aryl methyl sites for hydroxylation is 2. The highest BCUT2D eigenvalue weighted by molar-refractivity contribution is 6.89. The zero-order valence-electron chi connectivity index (χ0n) is 23.4. The van der Waals surface area contributed by atoms with E-state index in [0.717, 1.165) is 32.1 Å². The van der Waals surface area contributed by atoms with Crippen molar-refractivity contribution in [3.05, 3.63) is 47.2 Å². The van der Waals surface area contributed by atoms with Gasteiger partial charge in [-0.25, -0.2) is 0 Å². The Hall–Kier alpha value is -1.41. The number of nitrogens with zero attached hydrogens (tertiary/aromatic N) is 1. The van der Waals surface area contributed by atoms with Crippen LogP contribution >= 0.6 is 0 Å². The molecule has 0 amide bonds. The Kier molecular flexibility index (Phi) is 3.18. The quantitative estimate of drug-likeness (QED) is 0.607. The van der Waals surface area contributed by atoms with E-state index in [1.807, 2.05) is 19.6 Å². The Morgan fingerprint density at radius 1 is 1.08 bits per heavy atom. The average molecular weight is 360 g/mol. The number of rotatable bonds is 4. The molecule has 1 fully saturated rings. The second-order valence-corrected chi connectivity index (χ2v) is 13.1. The van der Waals surface area contributed by atoms with Crippen LogP contribution in [-0.4, -0.2) is 13.1 Å². The summed E-state index contributed by atoms with van der Waals surface area (Å²) in [5, 5.41) is 0.584. The molecule has 1 nitrogen and oxygen atoms in total. The van der Waals surface area contributed by atoms with Crippen molar-refractivity contribution < 1.29 is 11.0 Å². The largest absolute Gasteiger partial charge is 0.253 e. The smallest absolute Gasteiger partial charge is 0.0803 e. The zero-order valence-corrected chi connectivity index (χ0v) is 16.4. The first-order valence-electron chi connectivity index (χ1n) is 13.2. The van der Waals surface area contributed by atoms with Gasteiger partial charge in [0.25, 0.3) is 0 Å². The Balaban J connectivity index is 2.28. The van der Waals surface area contributed by atoms with Crippen LogP contribution in [0.4, 0.5) is 0 Å². The van der Waals surface area contributed by atoms with Crippen LogP contribution in [0.2, 0.25) is 19.6 Å². The minimum atomic E-state index is -2.48. The summed E-state index contributed by atoms with van der Waals surface area (Å²) in [6.07, 6.45) is 2.95. The third-order valence-corrected chi connectivity index (χ3v) is 6.92. The van der Waals surface area contributed by atoms with Gasteiger partial charge in [-0.3, -0.25) is 4.98 Å². The van der Waals surface area contributed by atoms with Gasteiger partial charge in [0.05, 0.1) is 13.8 Å². The molecule has 1 heterocycles. The number of hydrogen-bond donors (Lipinski definition) is 0. The number of pyridine rings is 1. The van der Waals surface area contributed by atoms with Crippen LogP contribution < -0.4 is 5.19 Å². The van der Waals surface area contributed by atoms with Gasteiger partial charge in [0.15, 0.2) is 0 Å². The highest BCUT2D eigenvalue weighted by Gasteiger charge is 2.26. The lowest BCUT2D eigenvalue weighted by Crippen LogP contribution is -2.43. The van der Waals surface area contributed by atoms with Crippen molar-refractivity contribution in [2.75, 3.05) is 0 Å². The van der Waals surface area contributed by atoms with Crippen molar-refractivity contribution in [3.63, 3.8) is 0 Å². The van der Waals surface area contributed by atoms with Crippen molar-refractivity contribution >= 4 is 13.3 Å². The van der Waals surface area contributed by atoms with Crippen LogP contribution in [0.3, 0.4) is 0 Å². The zero-order chi connectivity index (χ0) is 24.8. The fourth-order valence-electron chi connectivity index (χ4n) is 3.67. The minimum Gasteiger partial charge on any atom is -0.253 e. The van der Waals surface area contributed by atoms with E-state index < -0.39 is 28.2 Å². The molecule has 0 radical (unpaired) electrons. The monoisotopic (exact) mass is 359 g/mol. The molecule has 1 aliphatic rings. The van der Waals surface area contributed by atoms with E-state index in [9.17, 15) is 0 Å². The fourth-order valence-corrected chi connectivity index (χ4v) is 5.39. The van der Waals surface area contributed by atoms with Crippen LogP contribution in [0.15, 0.2) is 30.3 Å². The highest BCUT2D eigenvalue weighted by atomic mass is 28.3. The summed E-state index contributed by atoms with van der Waals surface area (Å²) in [6, 6.07) is 7.98. The maximum absolute atomic E-state index is 9.16. The van der Waals surface area contributed by atoms with Crippen LogP contribution in [0.25, 0.3) is 11.3 Å². The molecule has 0 bridgehead atoms. The summed E-state index contributed by atoms with van der Waals surface area (Å²) >= 11 is 0. The van der Waals surface area contributed by atoms with Gasteiger partial charge in [0.1, 0.15) is 0 Å². The van der Waals surface area contributed by atoms with Gasteiger partial charge in [-0.15, -0.1) is 0 Å². The van der Waals surface area contributed by atoms with Crippen LogP contribution in [-0.2, 0) is 6.37 Å². The number of benzene rings is 1. The molecule has 0 atom stereocenters. The van der Waals surface area contributed by atoms with Gasteiger partial charge in [-0.05, 0) is 42.8 Å². The third-order valence-electron chi connectivity index (χ3n) is 4.91. The second-order valence-electron chi connectivity index (χ2n) is 8.09. The SMILES string of the molecule is [2H]C([2H])([2H])c1ccc(-c2cc(C([2H])([2H])C3CCCCC3)c([Si](C)(C)C)c(C([2H])([2H])[2H])n2)cc1. The molecule has 0 aliphatic heterocycles. The van der Waals surface area contributed by atoms with Gasteiger partial charge in [0, 0.05) is 22.2 Å². The van der Waals surface area contributed by atoms with Crippen LogP contribution in [0, 0.1) is 19.6 Å². The normalized spacial score (nSPS) is 22.5. The summed E-state index contributed by atoms with van der Waals surface area (Å²) < 4.78 is 65.7. The Bertz CT molecular complexity index is 982. The minimum absolute atomic E-state index is 0.0197. The first-order valence-corrected chi connectivity index (χ1v) is 12.7.